The Morgan fingerprint density at radius 2 is 1.58 bits per heavy atom. The quantitative estimate of drug-likeness (QED) is 0.772. The number of nitrogens with two attached hydrogens (primary N) is 1. The number of amides is 1. The van der Waals surface area contributed by atoms with Crippen LogP contribution < -0.4 is 11.1 Å². The van der Waals surface area contributed by atoms with Crippen LogP contribution in [0.15, 0.2) is 12.1 Å². The van der Waals surface area contributed by atoms with Gasteiger partial charge in [-0.3, -0.25) is 4.79 Å². The molecule has 0 saturated carbocycles. The van der Waals surface area contributed by atoms with E-state index in [0.717, 1.165) is 16.7 Å². The minimum Gasteiger partial charge on any atom is -0.507 e. The molecule has 4 N–H and O–H groups in total. The molecule has 1 amide bonds. The fourth-order valence-corrected chi connectivity index (χ4v) is 2.65. The third-order valence-electron chi connectivity index (χ3n) is 4.19. The first-order valence-electron chi connectivity index (χ1n) is 8.72. The smallest absolute Gasteiger partial charge is 0.220 e. The SMILES string of the molecule is CC(CN)NC(=O)CCc1cc(C(C)(C)C)c(O)c(C(C)(C)C)c1. The second kappa shape index (κ2) is 7.56. The van der Waals surface area contributed by atoms with Gasteiger partial charge in [0, 0.05) is 19.0 Å². The van der Waals surface area contributed by atoms with Gasteiger partial charge in [-0.15, -0.1) is 0 Å². The van der Waals surface area contributed by atoms with E-state index >= 15 is 0 Å². The van der Waals surface area contributed by atoms with Crippen molar-refractivity contribution in [2.75, 3.05) is 6.54 Å². The van der Waals surface area contributed by atoms with Gasteiger partial charge in [-0.05, 0) is 40.9 Å². The molecule has 4 nitrogen and oxygen atoms in total. The van der Waals surface area contributed by atoms with Crippen LogP contribution in [0.1, 0.15) is 71.6 Å². The molecule has 1 aromatic rings. The molecule has 0 fully saturated rings. The number of aromatic hydroxyl groups is 1. The lowest BCUT2D eigenvalue weighted by atomic mass is 9.78. The maximum atomic E-state index is 12.0. The first-order chi connectivity index (χ1) is 10.9. The van der Waals surface area contributed by atoms with E-state index in [1.54, 1.807) is 0 Å². The van der Waals surface area contributed by atoms with Gasteiger partial charge < -0.3 is 16.2 Å². The van der Waals surface area contributed by atoms with Gasteiger partial charge in [0.05, 0.1) is 0 Å². The first-order valence-corrected chi connectivity index (χ1v) is 8.72. The molecule has 136 valence electrons. The number of nitrogens with one attached hydrogen (secondary N) is 1. The Hall–Kier alpha value is -1.55. The molecule has 0 saturated heterocycles. The summed E-state index contributed by atoms with van der Waals surface area (Å²) in [6.45, 7) is 14.9. The Balaban J connectivity index is 3.09. The lowest BCUT2D eigenvalue weighted by Crippen LogP contribution is -2.37. The summed E-state index contributed by atoms with van der Waals surface area (Å²) >= 11 is 0. The molecule has 0 aliphatic rings. The van der Waals surface area contributed by atoms with Crippen molar-refractivity contribution >= 4 is 5.91 Å². The van der Waals surface area contributed by atoms with Crippen LogP contribution in [0.5, 0.6) is 5.75 Å². The predicted molar refractivity (Wildman–Crippen MR) is 100 cm³/mol. The molecule has 0 spiro atoms. The number of carbonyl (C=O) groups excluding carboxylic acids is 1. The molecule has 0 aliphatic carbocycles. The van der Waals surface area contributed by atoms with Crippen molar-refractivity contribution in [3.8, 4) is 5.75 Å². The second-order valence-electron chi connectivity index (χ2n) is 8.74. The zero-order valence-electron chi connectivity index (χ0n) is 16.3. The zero-order chi connectivity index (χ0) is 18.7. The van der Waals surface area contributed by atoms with Gasteiger partial charge in [0.2, 0.25) is 5.91 Å². The highest BCUT2D eigenvalue weighted by molar-refractivity contribution is 5.76. The number of rotatable bonds is 5. The molecule has 1 atom stereocenters. The molecule has 0 radical (unpaired) electrons. The first kappa shape index (κ1) is 20.5. The van der Waals surface area contributed by atoms with Crippen molar-refractivity contribution in [2.24, 2.45) is 5.73 Å². The normalized spacial score (nSPS) is 13.7. The maximum absolute atomic E-state index is 12.0. The lowest BCUT2D eigenvalue weighted by molar-refractivity contribution is -0.121. The van der Waals surface area contributed by atoms with Gasteiger partial charge in [-0.2, -0.15) is 0 Å². The lowest BCUT2D eigenvalue weighted by Gasteiger charge is -2.28. The number of phenolic OH excluding ortho intramolecular Hbond substituents is 1. The Morgan fingerprint density at radius 1 is 1.12 bits per heavy atom. The van der Waals surface area contributed by atoms with Crippen LogP contribution in [0, 0.1) is 0 Å². The van der Waals surface area contributed by atoms with Gasteiger partial charge in [0.25, 0.3) is 0 Å². The summed E-state index contributed by atoms with van der Waals surface area (Å²) < 4.78 is 0. The number of hydrogen-bond acceptors (Lipinski definition) is 3. The van der Waals surface area contributed by atoms with Crippen LogP contribution in [0.3, 0.4) is 0 Å². The Bertz CT molecular complexity index is 545. The van der Waals surface area contributed by atoms with Crippen molar-refractivity contribution < 1.29 is 9.90 Å². The van der Waals surface area contributed by atoms with E-state index in [9.17, 15) is 9.90 Å². The molecule has 4 heteroatoms. The van der Waals surface area contributed by atoms with Gasteiger partial charge in [0.1, 0.15) is 5.75 Å². The summed E-state index contributed by atoms with van der Waals surface area (Å²) in [5.41, 5.74) is 8.17. The molecule has 0 aliphatic heterocycles. The molecular weight excluding hydrogens is 300 g/mol. The van der Waals surface area contributed by atoms with E-state index < -0.39 is 0 Å². The van der Waals surface area contributed by atoms with E-state index in [2.05, 4.69) is 46.9 Å². The minimum absolute atomic E-state index is 0.00686. The summed E-state index contributed by atoms with van der Waals surface area (Å²) in [6, 6.07) is 4.06. The minimum atomic E-state index is -0.156. The van der Waals surface area contributed by atoms with Crippen LogP contribution in [-0.4, -0.2) is 23.6 Å². The van der Waals surface area contributed by atoms with Crippen LogP contribution >= 0.6 is 0 Å². The topological polar surface area (TPSA) is 75.3 Å². The molecule has 24 heavy (non-hydrogen) atoms. The molecule has 1 rings (SSSR count). The second-order valence-corrected chi connectivity index (χ2v) is 8.74. The van der Waals surface area contributed by atoms with E-state index in [1.807, 2.05) is 19.1 Å². The monoisotopic (exact) mass is 334 g/mol. The summed E-state index contributed by atoms with van der Waals surface area (Å²) in [4.78, 5) is 12.0. The number of phenols is 1. The zero-order valence-corrected chi connectivity index (χ0v) is 16.3. The fourth-order valence-electron chi connectivity index (χ4n) is 2.65. The predicted octanol–water partition coefficient (Wildman–Crippen LogP) is 3.38. The molecular formula is C20H34N2O2. The van der Waals surface area contributed by atoms with Crippen LogP contribution in [-0.2, 0) is 22.0 Å². The van der Waals surface area contributed by atoms with Crippen molar-refractivity contribution in [2.45, 2.75) is 78.2 Å². The standard InChI is InChI=1S/C20H34N2O2/c1-13(12-21)22-17(23)9-8-14-10-15(19(2,3)4)18(24)16(11-14)20(5,6)7/h10-11,13,24H,8-9,12,21H2,1-7H3,(H,22,23). The van der Waals surface area contributed by atoms with Crippen molar-refractivity contribution in [3.05, 3.63) is 28.8 Å². The highest BCUT2D eigenvalue weighted by Crippen LogP contribution is 2.39. The van der Waals surface area contributed by atoms with Gasteiger partial charge in [-0.1, -0.05) is 53.7 Å². The van der Waals surface area contributed by atoms with Crippen LogP contribution in [0.25, 0.3) is 0 Å². The van der Waals surface area contributed by atoms with Crippen LogP contribution in [0.4, 0.5) is 0 Å². The maximum Gasteiger partial charge on any atom is 0.220 e. The largest absolute Gasteiger partial charge is 0.507 e. The Kier molecular flexibility index (Phi) is 6.45. The average Bonchev–Trinajstić information content (AvgIpc) is 2.43. The fraction of sp³-hybridized carbons (Fsp3) is 0.650. The molecule has 0 aromatic heterocycles. The molecule has 1 unspecified atom stereocenters. The van der Waals surface area contributed by atoms with E-state index in [1.165, 1.54) is 0 Å². The van der Waals surface area contributed by atoms with Crippen molar-refractivity contribution in [1.82, 2.24) is 5.32 Å². The van der Waals surface area contributed by atoms with E-state index in [4.69, 9.17) is 5.73 Å². The van der Waals surface area contributed by atoms with Gasteiger partial charge in [0.15, 0.2) is 0 Å². The molecule has 1 aromatic carbocycles. The van der Waals surface area contributed by atoms with E-state index in [-0.39, 0.29) is 22.8 Å². The van der Waals surface area contributed by atoms with Gasteiger partial charge >= 0.3 is 0 Å². The molecule has 0 bridgehead atoms. The Labute approximate surface area is 146 Å². The highest BCUT2D eigenvalue weighted by atomic mass is 16.3. The summed E-state index contributed by atoms with van der Waals surface area (Å²) in [5, 5.41) is 13.6. The van der Waals surface area contributed by atoms with E-state index in [0.29, 0.717) is 25.1 Å². The average molecular weight is 335 g/mol. The summed E-state index contributed by atoms with van der Waals surface area (Å²) in [7, 11) is 0. The summed E-state index contributed by atoms with van der Waals surface area (Å²) in [6.07, 6.45) is 1.07. The third-order valence-corrected chi connectivity index (χ3v) is 4.19. The van der Waals surface area contributed by atoms with Crippen molar-refractivity contribution in [3.63, 3.8) is 0 Å². The number of hydrogen-bond donors (Lipinski definition) is 3. The van der Waals surface area contributed by atoms with Gasteiger partial charge in [-0.25, -0.2) is 0 Å². The molecule has 0 heterocycles. The van der Waals surface area contributed by atoms with Crippen molar-refractivity contribution in [1.29, 1.82) is 0 Å². The Morgan fingerprint density at radius 3 is 1.96 bits per heavy atom. The number of aryl methyl sites for hydroxylation is 1. The highest BCUT2D eigenvalue weighted by Gasteiger charge is 2.26. The third kappa shape index (κ3) is 5.52. The number of benzene rings is 1. The number of carbonyl (C=O) groups is 1. The summed E-state index contributed by atoms with van der Waals surface area (Å²) in [5.74, 6) is 0.385. The van der Waals surface area contributed by atoms with Crippen LogP contribution in [0.2, 0.25) is 0 Å².